The Bertz CT molecular complexity index is 1770. The summed E-state index contributed by atoms with van der Waals surface area (Å²) in [6.45, 7) is 1.75. The van der Waals surface area contributed by atoms with Crippen molar-refractivity contribution in [2.24, 2.45) is 0 Å². The zero-order chi connectivity index (χ0) is 33.2. The average molecular weight is 661 g/mol. The molecule has 4 aromatic rings. The molecule has 13 heteroatoms. The Morgan fingerprint density at radius 3 is 2.15 bits per heavy atom. The molecule has 3 amide bonds. The summed E-state index contributed by atoms with van der Waals surface area (Å²) in [6.07, 6.45) is 1.43. The van der Waals surface area contributed by atoms with Gasteiger partial charge in [-0.15, -0.1) is 11.8 Å². The van der Waals surface area contributed by atoms with Crippen molar-refractivity contribution < 1.29 is 28.8 Å². The molecular formula is C33H29ClN4O7S. The number of thioether (sulfide) groups is 1. The molecule has 236 valence electrons. The first-order valence-corrected chi connectivity index (χ1v) is 15.0. The molecule has 3 N–H and O–H groups in total. The quantitative estimate of drug-likeness (QED) is 0.0651. The number of carbonyl (C=O) groups is 3. The SMILES string of the molecule is COc1cc(OC)c(NC(=O)C(C)Sc2ccc(NC(=O)/C(=C/c3ccc([N+](=O)[O-])cc3)NC(=O)c3ccccc3)cc2)cc1Cl. The summed E-state index contributed by atoms with van der Waals surface area (Å²) >= 11 is 7.52. The van der Waals surface area contributed by atoms with Crippen LogP contribution >= 0.6 is 23.4 Å². The molecule has 46 heavy (non-hydrogen) atoms. The summed E-state index contributed by atoms with van der Waals surface area (Å²) in [6, 6.07) is 23.9. The van der Waals surface area contributed by atoms with Crippen LogP contribution in [0.5, 0.6) is 11.5 Å². The predicted octanol–water partition coefficient (Wildman–Crippen LogP) is 6.79. The molecule has 0 spiro atoms. The van der Waals surface area contributed by atoms with Crippen LogP contribution in [0.15, 0.2) is 102 Å². The molecule has 4 aromatic carbocycles. The van der Waals surface area contributed by atoms with Gasteiger partial charge in [-0.1, -0.05) is 29.8 Å². The van der Waals surface area contributed by atoms with E-state index in [-0.39, 0.29) is 17.3 Å². The number of nitro benzene ring substituents is 1. The van der Waals surface area contributed by atoms with Crippen LogP contribution in [0.3, 0.4) is 0 Å². The lowest BCUT2D eigenvalue weighted by Crippen LogP contribution is -2.30. The predicted molar refractivity (Wildman–Crippen MR) is 179 cm³/mol. The molecule has 0 saturated carbocycles. The van der Waals surface area contributed by atoms with Gasteiger partial charge in [0.25, 0.3) is 17.5 Å². The highest BCUT2D eigenvalue weighted by atomic mass is 35.5. The fourth-order valence-corrected chi connectivity index (χ4v) is 5.17. The molecule has 0 radical (unpaired) electrons. The van der Waals surface area contributed by atoms with Crippen LogP contribution in [0.2, 0.25) is 5.02 Å². The van der Waals surface area contributed by atoms with Crippen molar-refractivity contribution in [2.75, 3.05) is 24.9 Å². The van der Waals surface area contributed by atoms with Crippen LogP contribution in [0.4, 0.5) is 17.1 Å². The Labute approximate surface area is 274 Å². The largest absolute Gasteiger partial charge is 0.495 e. The standard InChI is InChI=1S/C33H29ClN4O7S/c1-20(31(39)36-27-18-26(34)29(44-2)19-30(27)45-3)46-25-15-11-23(12-16-25)35-33(41)28(37-32(40)22-7-5-4-6-8-22)17-21-9-13-24(14-10-21)38(42)43/h4-20H,1-3H3,(H,35,41)(H,36,39)(H,37,40)/b28-17-. The minimum atomic E-state index is -0.608. The molecule has 0 saturated heterocycles. The maximum absolute atomic E-state index is 13.3. The topological polar surface area (TPSA) is 149 Å². The van der Waals surface area contributed by atoms with Crippen LogP contribution in [0, 0.1) is 10.1 Å². The van der Waals surface area contributed by atoms with Crippen LogP contribution in [-0.2, 0) is 9.59 Å². The van der Waals surface area contributed by atoms with Crippen molar-refractivity contribution in [1.29, 1.82) is 0 Å². The summed E-state index contributed by atoms with van der Waals surface area (Å²) in [5, 5.41) is 19.1. The van der Waals surface area contributed by atoms with Gasteiger partial charge < -0.3 is 25.4 Å². The van der Waals surface area contributed by atoms with Crippen LogP contribution in [0.25, 0.3) is 6.08 Å². The molecule has 0 heterocycles. The van der Waals surface area contributed by atoms with E-state index in [2.05, 4.69) is 16.0 Å². The fourth-order valence-electron chi connectivity index (χ4n) is 4.07. The highest BCUT2D eigenvalue weighted by Crippen LogP contribution is 2.36. The van der Waals surface area contributed by atoms with E-state index in [0.717, 1.165) is 4.90 Å². The second-order valence-corrected chi connectivity index (χ2v) is 11.5. The average Bonchev–Trinajstić information content (AvgIpc) is 3.06. The normalized spacial score (nSPS) is 11.6. The lowest BCUT2D eigenvalue weighted by atomic mass is 10.1. The smallest absolute Gasteiger partial charge is 0.272 e. The number of methoxy groups -OCH3 is 2. The maximum atomic E-state index is 13.3. The second-order valence-electron chi connectivity index (χ2n) is 9.64. The number of halogens is 1. The summed E-state index contributed by atoms with van der Waals surface area (Å²) in [5.41, 5.74) is 1.48. The third-order valence-electron chi connectivity index (χ3n) is 6.47. The van der Waals surface area contributed by atoms with E-state index in [4.69, 9.17) is 21.1 Å². The highest BCUT2D eigenvalue weighted by molar-refractivity contribution is 8.00. The zero-order valence-electron chi connectivity index (χ0n) is 24.9. The third kappa shape index (κ3) is 8.87. The first kappa shape index (κ1) is 33.6. The van der Waals surface area contributed by atoms with Crippen molar-refractivity contribution >= 4 is 64.2 Å². The number of amides is 3. The molecule has 0 aromatic heterocycles. The van der Waals surface area contributed by atoms with E-state index in [9.17, 15) is 24.5 Å². The van der Waals surface area contributed by atoms with Crippen LogP contribution in [-0.4, -0.2) is 42.1 Å². The second kappa shape index (κ2) is 15.6. The molecule has 11 nitrogen and oxygen atoms in total. The Morgan fingerprint density at radius 2 is 1.54 bits per heavy atom. The minimum absolute atomic E-state index is 0.0690. The van der Waals surface area contributed by atoms with E-state index < -0.39 is 22.0 Å². The Kier molecular flexibility index (Phi) is 11.4. The van der Waals surface area contributed by atoms with Gasteiger partial charge in [0.2, 0.25) is 5.91 Å². The van der Waals surface area contributed by atoms with E-state index in [1.807, 2.05) is 0 Å². The number of nitrogens with zero attached hydrogens (tertiary/aromatic N) is 1. The van der Waals surface area contributed by atoms with Gasteiger partial charge in [-0.3, -0.25) is 24.5 Å². The number of carbonyl (C=O) groups excluding carboxylic acids is 3. The number of non-ortho nitro benzene ring substituents is 1. The van der Waals surface area contributed by atoms with Crippen molar-refractivity contribution in [3.63, 3.8) is 0 Å². The molecule has 4 rings (SSSR count). The Hall–Kier alpha value is -5.33. The van der Waals surface area contributed by atoms with E-state index in [0.29, 0.717) is 39.0 Å². The first-order valence-electron chi connectivity index (χ1n) is 13.7. The van der Waals surface area contributed by atoms with E-state index >= 15 is 0 Å². The number of hydrogen-bond acceptors (Lipinski definition) is 8. The van der Waals surface area contributed by atoms with Crippen LogP contribution < -0.4 is 25.4 Å². The number of rotatable bonds is 12. The highest BCUT2D eigenvalue weighted by Gasteiger charge is 2.19. The number of nitro groups is 1. The number of ether oxygens (including phenoxy) is 2. The summed E-state index contributed by atoms with van der Waals surface area (Å²) < 4.78 is 10.5. The van der Waals surface area contributed by atoms with Crippen molar-refractivity contribution in [3.8, 4) is 11.5 Å². The zero-order valence-corrected chi connectivity index (χ0v) is 26.5. The molecule has 1 unspecified atom stereocenters. The lowest BCUT2D eigenvalue weighted by Gasteiger charge is -2.16. The number of anilines is 2. The van der Waals surface area contributed by atoms with Gasteiger partial charge in [0.1, 0.15) is 17.2 Å². The van der Waals surface area contributed by atoms with E-state index in [1.165, 1.54) is 56.3 Å². The van der Waals surface area contributed by atoms with Gasteiger partial charge in [-0.2, -0.15) is 0 Å². The molecule has 0 bridgehead atoms. The van der Waals surface area contributed by atoms with Gasteiger partial charge in [-0.25, -0.2) is 0 Å². The van der Waals surface area contributed by atoms with Crippen molar-refractivity contribution in [1.82, 2.24) is 5.32 Å². The number of hydrogen-bond donors (Lipinski definition) is 3. The molecule has 0 fully saturated rings. The minimum Gasteiger partial charge on any atom is -0.495 e. The molecule has 0 aliphatic rings. The summed E-state index contributed by atoms with van der Waals surface area (Å²) in [7, 11) is 2.96. The lowest BCUT2D eigenvalue weighted by molar-refractivity contribution is -0.384. The van der Waals surface area contributed by atoms with Crippen molar-refractivity contribution in [3.05, 3.63) is 123 Å². The van der Waals surface area contributed by atoms with Gasteiger partial charge in [-0.05, 0) is 73.2 Å². The van der Waals surface area contributed by atoms with Crippen LogP contribution in [0.1, 0.15) is 22.8 Å². The van der Waals surface area contributed by atoms with Gasteiger partial charge >= 0.3 is 0 Å². The monoisotopic (exact) mass is 660 g/mol. The van der Waals surface area contributed by atoms with Gasteiger partial charge in [0.15, 0.2) is 0 Å². The Balaban J connectivity index is 1.45. The number of benzene rings is 4. The molecule has 1 atom stereocenters. The fraction of sp³-hybridized carbons (Fsp3) is 0.121. The third-order valence-corrected chi connectivity index (χ3v) is 7.88. The Morgan fingerprint density at radius 1 is 0.891 bits per heavy atom. The molecular weight excluding hydrogens is 632 g/mol. The van der Waals surface area contributed by atoms with E-state index in [1.54, 1.807) is 73.7 Å². The first-order chi connectivity index (χ1) is 22.1. The van der Waals surface area contributed by atoms with Gasteiger partial charge in [0.05, 0.1) is 35.1 Å². The summed E-state index contributed by atoms with van der Waals surface area (Å²) in [5.74, 6) is -0.579. The summed E-state index contributed by atoms with van der Waals surface area (Å²) in [4.78, 5) is 50.4. The number of nitrogens with one attached hydrogen (secondary N) is 3. The van der Waals surface area contributed by atoms with Gasteiger partial charge in [0, 0.05) is 34.3 Å². The van der Waals surface area contributed by atoms with Crippen molar-refractivity contribution in [2.45, 2.75) is 17.1 Å². The maximum Gasteiger partial charge on any atom is 0.272 e. The molecule has 0 aliphatic carbocycles. The molecule has 0 aliphatic heterocycles.